The fraction of sp³-hybridized carbons (Fsp3) is 0.529. The number of anilines is 1. The molecule has 1 fully saturated rings. The number of hydrogen-bond acceptors (Lipinski definition) is 1. The first-order valence-corrected chi connectivity index (χ1v) is 7.43. The second kappa shape index (κ2) is 4.98. The molecule has 0 saturated heterocycles. The van der Waals surface area contributed by atoms with E-state index in [1.807, 2.05) is 18.2 Å². The Morgan fingerprint density at radius 3 is 2.67 bits per heavy atom. The highest BCUT2D eigenvalue weighted by molar-refractivity contribution is 5.62. The zero-order valence-corrected chi connectivity index (χ0v) is 12.1. The maximum Gasteiger partial charge on any atom is 0.405 e. The maximum atomic E-state index is 12.9. The summed E-state index contributed by atoms with van der Waals surface area (Å²) in [7, 11) is 0. The SMILES string of the molecule is CCN1CCCc2c(C#CC3(C(F)(F)F)CC3)cccc21. The summed E-state index contributed by atoms with van der Waals surface area (Å²) < 4.78 is 38.8. The quantitative estimate of drug-likeness (QED) is 0.703. The third-order valence-electron chi connectivity index (χ3n) is 4.46. The second-order valence-corrected chi connectivity index (χ2v) is 5.82. The first kappa shape index (κ1) is 14.3. The van der Waals surface area contributed by atoms with Crippen LogP contribution in [0.4, 0.5) is 18.9 Å². The van der Waals surface area contributed by atoms with Gasteiger partial charge in [0.05, 0.1) is 0 Å². The zero-order valence-electron chi connectivity index (χ0n) is 12.1. The number of fused-ring (bicyclic) bond motifs is 1. The number of nitrogens with zero attached hydrogens (tertiary/aromatic N) is 1. The lowest BCUT2D eigenvalue weighted by Crippen LogP contribution is -2.29. The Bertz CT molecular complexity index is 603. The first-order chi connectivity index (χ1) is 9.97. The number of hydrogen-bond donors (Lipinski definition) is 0. The van der Waals surface area contributed by atoms with E-state index >= 15 is 0 Å². The van der Waals surface area contributed by atoms with Crippen LogP contribution in [-0.2, 0) is 6.42 Å². The predicted molar refractivity (Wildman–Crippen MR) is 77.3 cm³/mol. The van der Waals surface area contributed by atoms with E-state index in [1.165, 1.54) is 0 Å². The Kier molecular flexibility index (Phi) is 3.39. The van der Waals surface area contributed by atoms with Crippen molar-refractivity contribution in [2.75, 3.05) is 18.0 Å². The summed E-state index contributed by atoms with van der Waals surface area (Å²) in [6.45, 7) is 4.01. The molecule has 3 rings (SSSR count). The van der Waals surface area contributed by atoms with Crippen molar-refractivity contribution in [3.63, 3.8) is 0 Å². The molecular formula is C17H18F3N. The Balaban J connectivity index is 1.95. The summed E-state index contributed by atoms with van der Waals surface area (Å²) in [5.74, 6) is 5.35. The van der Waals surface area contributed by atoms with Gasteiger partial charge in [-0.05, 0) is 50.3 Å². The average Bonchev–Trinajstić information content (AvgIpc) is 3.25. The molecule has 0 bridgehead atoms. The molecule has 1 aliphatic heterocycles. The van der Waals surface area contributed by atoms with E-state index in [4.69, 9.17) is 0 Å². The van der Waals surface area contributed by atoms with Crippen LogP contribution in [0.1, 0.15) is 37.3 Å². The third-order valence-corrected chi connectivity index (χ3v) is 4.46. The summed E-state index contributed by atoms with van der Waals surface area (Å²) in [6.07, 6.45) is -2.00. The van der Waals surface area contributed by atoms with E-state index in [-0.39, 0.29) is 12.8 Å². The highest BCUT2D eigenvalue weighted by Gasteiger charge is 2.62. The van der Waals surface area contributed by atoms with Crippen LogP contribution in [0.15, 0.2) is 18.2 Å². The monoisotopic (exact) mass is 293 g/mol. The Morgan fingerprint density at radius 1 is 1.29 bits per heavy atom. The van der Waals surface area contributed by atoms with Gasteiger partial charge in [-0.3, -0.25) is 0 Å². The summed E-state index contributed by atoms with van der Waals surface area (Å²) in [5, 5.41) is 0. The molecule has 0 amide bonds. The van der Waals surface area contributed by atoms with Gasteiger partial charge in [-0.25, -0.2) is 0 Å². The van der Waals surface area contributed by atoms with Crippen molar-refractivity contribution < 1.29 is 13.2 Å². The smallest absolute Gasteiger partial charge is 0.372 e. The van der Waals surface area contributed by atoms with Gasteiger partial charge in [0.1, 0.15) is 5.41 Å². The standard InChI is InChI=1S/C17H18F3N/c1-2-21-12-4-6-14-13(5-3-7-15(14)21)8-9-16(10-11-16)17(18,19)20/h3,5,7H,2,4,6,10-12H2,1H3. The topological polar surface area (TPSA) is 3.24 Å². The summed E-state index contributed by atoms with van der Waals surface area (Å²) in [6, 6.07) is 5.78. The molecular weight excluding hydrogens is 275 g/mol. The van der Waals surface area contributed by atoms with Crippen molar-refractivity contribution in [3.05, 3.63) is 29.3 Å². The summed E-state index contributed by atoms with van der Waals surface area (Å²) in [5.41, 5.74) is 1.26. The molecule has 4 heteroatoms. The van der Waals surface area contributed by atoms with E-state index in [2.05, 4.69) is 23.7 Å². The molecule has 0 unspecified atom stereocenters. The van der Waals surface area contributed by atoms with Gasteiger partial charge in [-0.15, -0.1) is 0 Å². The number of benzene rings is 1. The highest BCUT2D eigenvalue weighted by atomic mass is 19.4. The molecule has 1 nitrogen and oxygen atoms in total. The van der Waals surface area contributed by atoms with Crippen LogP contribution >= 0.6 is 0 Å². The molecule has 1 heterocycles. The highest BCUT2D eigenvalue weighted by Crippen LogP contribution is 2.57. The van der Waals surface area contributed by atoms with Crippen molar-refractivity contribution in [1.29, 1.82) is 0 Å². The van der Waals surface area contributed by atoms with E-state index < -0.39 is 11.6 Å². The van der Waals surface area contributed by atoms with Gasteiger partial charge in [-0.2, -0.15) is 13.2 Å². The normalized spacial score (nSPS) is 19.5. The molecule has 1 aromatic rings. The number of halogens is 3. The molecule has 2 aliphatic rings. The lowest BCUT2D eigenvalue weighted by atomic mass is 9.95. The van der Waals surface area contributed by atoms with Crippen LogP contribution in [0, 0.1) is 17.3 Å². The molecule has 1 saturated carbocycles. The van der Waals surface area contributed by atoms with Gasteiger partial charge in [0.15, 0.2) is 0 Å². The van der Waals surface area contributed by atoms with Gasteiger partial charge < -0.3 is 4.90 Å². The van der Waals surface area contributed by atoms with Crippen LogP contribution in [0.2, 0.25) is 0 Å². The Labute approximate surface area is 123 Å². The maximum absolute atomic E-state index is 12.9. The van der Waals surface area contributed by atoms with E-state index in [0.29, 0.717) is 0 Å². The van der Waals surface area contributed by atoms with Gasteiger partial charge in [-0.1, -0.05) is 17.9 Å². The van der Waals surface area contributed by atoms with Gasteiger partial charge in [0, 0.05) is 24.3 Å². The fourth-order valence-electron chi connectivity index (χ4n) is 2.94. The van der Waals surface area contributed by atoms with E-state index in [0.717, 1.165) is 42.7 Å². The minimum atomic E-state index is -4.20. The minimum absolute atomic E-state index is 0.139. The number of rotatable bonds is 1. The van der Waals surface area contributed by atoms with Crippen LogP contribution in [0.5, 0.6) is 0 Å². The van der Waals surface area contributed by atoms with Crippen molar-refractivity contribution >= 4 is 5.69 Å². The molecule has 0 spiro atoms. The predicted octanol–water partition coefficient (Wildman–Crippen LogP) is 4.15. The molecule has 0 aromatic heterocycles. The largest absolute Gasteiger partial charge is 0.405 e. The van der Waals surface area contributed by atoms with Gasteiger partial charge in [0.25, 0.3) is 0 Å². The van der Waals surface area contributed by atoms with Crippen LogP contribution in [0.25, 0.3) is 0 Å². The number of alkyl halides is 3. The van der Waals surface area contributed by atoms with Crippen LogP contribution in [-0.4, -0.2) is 19.3 Å². The first-order valence-electron chi connectivity index (χ1n) is 7.43. The van der Waals surface area contributed by atoms with Crippen molar-refractivity contribution in [3.8, 4) is 11.8 Å². The molecule has 0 N–H and O–H groups in total. The fourth-order valence-corrected chi connectivity index (χ4v) is 2.94. The average molecular weight is 293 g/mol. The van der Waals surface area contributed by atoms with Crippen LogP contribution in [0.3, 0.4) is 0 Å². The van der Waals surface area contributed by atoms with Crippen LogP contribution < -0.4 is 4.90 Å². The lowest BCUT2D eigenvalue weighted by Gasteiger charge is -2.30. The molecule has 0 radical (unpaired) electrons. The summed E-state index contributed by atoms with van der Waals surface area (Å²) >= 11 is 0. The summed E-state index contributed by atoms with van der Waals surface area (Å²) in [4.78, 5) is 2.26. The van der Waals surface area contributed by atoms with Crippen molar-refractivity contribution in [2.24, 2.45) is 5.41 Å². The Morgan fingerprint density at radius 2 is 2.05 bits per heavy atom. The van der Waals surface area contributed by atoms with Gasteiger partial charge >= 0.3 is 6.18 Å². The molecule has 0 atom stereocenters. The van der Waals surface area contributed by atoms with Crippen molar-refractivity contribution in [1.82, 2.24) is 0 Å². The Hall–Kier alpha value is -1.63. The van der Waals surface area contributed by atoms with E-state index in [1.54, 1.807) is 0 Å². The van der Waals surface area contributed by atoms with E-state index in [9.17, 15) is 13.2 Å². The minimum Gasteiger partial charge on any atom is -0.372 e. The third kappa shape index (κ3) is 2.50. The molecule has 1 aromatic carbocycles. The lowest BCUT2D eigenvalue weighted by molar-refractivity contribution is -0.168. The molecule has 1 aliphatic carbocycles. The molecule has 112 valence electrons. The van der Waals surface area contributed by atoms with Gasteiger partial charge in [0.2, 0.25) is 0 Å². The zero-order chi connectivity index (χ0) is 15.1. The van der Waals surface area contributed by atoms with Crippen molar-refractivity contribution in [2.45, 2.75) is 38.8 Å². The molecule has 21 heavy (non-hydrogen) atoms. The second-order valence-electron chi connectivity index (χ2n) is 5.82.